The van der Waals surface area contributed by atoms with E-state index in [0.29, 0.717) is 5.13 Å². The summed E-state index contributed by atoms with van der Waals surface area (Å²) in [4.78, 5) is 18.0. The van der Waals surface area contributed by atoms with Crippen molar-refractivity contribution in [2.75, 3.05) is 5.32 Å². The zero-order chi connectivity index (χ0) is 14.9. The van der Waals surface area contributed by atoms with Crippen molar-refractivity contribution in [1.29, 1.82) is 0 Å². The first-order valence-electron chi connectivity index (χ1n) is 6.92. The summed E-state index contributed by atoms with van der Waals surface area (Å²) in [5.74, 6) is -0.0748. The fraction of sp³-hybridized carbons (Fsp3) is 0.467. The van der Waals surface area contributed by atoms with E-state index in [1.54, 1.807) is 0 Å². The Balaban J connectivity index is 2.23. The molecule has 4 nitrogen and oxygen atoms in total. The summed E-state index contributed by atoms with van der Waals surface area (Å²) in [5.41, 5.74) is 3.91. The molecule has 5 heteroatoms. The number of carbonyl (C=O) groups excluding carboxylic acids is 1. The molecule has 0 bridgehead atoms. The molecule has 0 spiro atoms. The van der Waals surface area contributed by atoms with E-state index in [4.69, 9.17) is 0 Å². The number of anilines is 1. The molecule has 1 N–H and O–H groups in total. The Kier molecular flexibility index (Phi) is 4.28. The van der Waals surface area contributed by atoms with Crippen molar-refractivity contribution in [2.45, 2.75) is 47.6 Å². The van der Waals surface area contributed by atoms with E-state index in [-0.39, 0.29) is 5.91 Å². The predicted molar refractivity (Wildman–Crippen MR) is 83.8 cm³/mol. The van der Waals surface area contributed by atoms with Crippen molar-refractivity contribution in [3.05, 3.63) is 33.6 Å². The maximum Gasteiger partial charge on any atom is 0.259 e. The molecule has 2 aromatic heterocycles. The Morgan fingerprint density at radius 2 is 2.05 bits per heavy atom. The van der Waals surface area contributed by atoms with E-state index in [1.165, 1.54) is 16.2 Å². The maximum atomic E-state index is 12.4. The smallest absolute Gasteiger partial charge is 0.259 e. The Labute approximate surface area is 123 Å². The van der Waals surface area contributed by atoms with E-state index in [0.717, 1.165) is 35.6 Å². The minimum Gasteiger partial charge on any atom is -0.349 e. The quantitative estimate of drug-likeness (QED) is 0.933. The van der Waals surface area contributed by atoms with Gasteiger partial charge in [-0.05, 0) is 40.2 Å². The summed E-state index contributed by atoms with van der Waals surface area (Å²) < 4.78 is 2.14. The number of aryl methyl sites for hydroxylation is 3. The molecule has 0 aromatic carbocycles. The summed E-state index contributed by atoms with van der Waals surface area (Å²) in [7, 11) is 0. The molecule has 2 aromatic rings. The third-order valence-corrected chi connectivity index (χ3v) is 4.51. The van der Waals surface area contributed by atoms with E-state index in [9.17, 15) is 4.79 Å². The number of thiazole rings is 1. The SMILES string of the molecule is CCc1nc(NC(=O)c2cc(C)n(CC)c2C)sc1C. The highest BCUT2D eigenvalue weighted by atomic mass is 32.1. The minimum atomic E-state index is -0.0748. The molecule has 20 heavy (non-hydrogen) atoms. The molecular weight excluding hydrogens is 270 g/mol. The second-order valence-corrected chi connectivity index (χ2v) is 6.06. The van der Waals surface area contributed by atoms with Crippen LogP contribution in [0.5, 0.6) is 0 Å². The highest BCUT2D eigenvalue weighted by Gasteiger charge is 2.16. The highest BCUT2D eigenvalue weighted by molar-refractivity contribution is 7.15. The third kappa shape index (κ3) is 2.63. The van der Waals surface area contributed by atoms with Gasteiger partial charge >= 0.3 is 0 Å². The van der Waals surface area contributed by atoms with Crippen LogP contribution in [0.2, 0.25) is 0 Å². The summed E-state index contributed by atoms with van der Waals surface area (Å²) >= 11 is 1.53. The van der Waals surface area contributed by atoms with E-state index in [1.807, 2.05) is 26.8 Å². The molecule has 0 aliphatic rings. The standard InChI is InChI=1S/C15H21N3OS/c1-6-13-11(5)20-15(16-13)17-14(19)12-8-9(3)18(7-2)10(12)4/h8H,6-7H2,1-5H3,(H,16,17,19). The number of carbonyl (C=O) groups is 1. The van der Waals surface area contributed by atoms with E-state index < -0.39 is 0 Å². The van der Waals surface area contributed by atoms with Gasteiger partial charge in [-0.1, -0.05) is 6.92 Å². The van der Waals surface area contributed by atoms with Crippen molar-refractivity contribution >= 4 is 22.4 Å². The van der Waals surface area contributed by atoms with Gasteiger partial charge < -0.3 is 4.57 Å². The number of aromatic nitrogens is 2. The normalized spacial score (nSPS) is 10.8. The van der Waals surface area contributed by atoms with Gasteiger partial charge in [-0.15, -0.1) is 11.3 Å². The van der Waals surface area contributed by atoms with E-state index in [2.05, 4.69) is 28.7 Å². The van der Waals surface area contributed by atoms with Crippen LogP contribution in [0.3, 0.4) is 0 Å². The number of amides is 1. The minimum absolute atomic E-state index is 0.0748. The highest BCUT2D eigenvalue weighted by Crippen LogP contribution is 2.24. The van der Waals surface area contributed by atoms with Crippen LogP contribution >= 0.6 is 11.3 Å². The molecule has 0 fully saturated rings. The summed E-state index contributed by atoms with van der Waals surface area (Å²) in [5, 5.41) is 3.60. The Bertz CT molecular complexity index is 640. The van der Waals surface area contributed by atoms with Crippen molar-refractivity contribution in [2.24, 2.45) is 0 Å². The van der Waals surface area contributed by atoms with Gasteiger partial charge in [0.25, 0.3) is 5.91 Å². The molecule has 108 valence electrons. The summed E-state index contributed by atoms with van der Waals surface area (Å²) in [6, 6.07) is 1.94. The lowest BCUT2D eigenvalue weighted by Crippen LogP contribution is -2.13. The van der Waals surface area contributed by atoms with Crippen LogP contribution in [0.4, 0.5) is 5.13 Å². The maximum absolute atomic E-state index is 12.4. The summed E-state index contributed by atoms with van der Waals surface area (Å²) in [6.07, 6.45) is 0.891. The summed E-state index contributed by atoms with van der Waals surface area (Å²) in [6.45, 7) is 11.1. The Hall–Kier alpha value is -1.62. The van der Waals surface area contributed by atoms with Crippen LogP contribution < -0.4 is 5.32 Å². The lowest BCUT2D eigenvalue weighted by atomic mass is 10.2. The first-order chi connectivity index (χ1) is 9.47. The van der Waals surface area contributed by atoms with Gasteiger partial charge in [-0.2, -0.15) is 0 Å². The number of hydrogen-bond acceptors (Lipinski definition) is 3. The van der Waals surface area contributed by atoms with Crippen molar-refractivity contribution in [3.8, 4) is 0 Å². The number of nitrogens with one attached hydrogen (secondary N) is 1. The molecule has 0 unspecified atom stereocenters. The lowest BCUT2D eigenvalue weighted by molar-refractivity contribution is 0.102. The zero-order valence-electron chi connectivity index (χ0n) is 12.7. The molecule has 0 aliphatic carbocycles. The average molecular weight is 291 g/mol. The van der Waals surface area contributed by atoms with Gasteiger partial charge in [0.2, 0.25) is 0 Å². The Morgan fingerprint density at radius 1 is 1.35 bits per heavy atom. The van der Waals surface area contributed by atoms with Gasteiger partial charge in [0.05, 0.1) is 11.3 Å². The molecule has 0 radical (unpaired) electrons. The fourth-order valence-corrected chi connectivity index (χ4v) is 3.39. The average Bonchev–Trinajstić information content (AvgIpc) is 2.89. The van der Waals surface area contributed by atoms with Crippen LogP contribution in [0.1, 0.15) is 46.2 Å². The largest absolute Gasteiger partial charge is 0.349 e. The van der Waals surface area contributed by atoms with Gasteiger partial charge in [0.15, 0.2) is 5.13 Å². The second-order valence-electron chi connectivity index (χ2n) is 4.86. The van der Waals surface area contributed by atoms with Gasteiger partial charge in [0, 0.05) is 22.8 Å². The fourth-order valence-electron chi connectivity index (χ4n) is 2.49. The molecule has 0 saturated carbocycles. The van der Waals surface area contributed by atoms with Gasteiger partial charge in [-0.25, -0.2) is 4.98 Å². The monoisotopic (exact) mass is 291 g/mol. The lowest BCUT2D eigenvalue weighted by Gasteiger charge is -2.05. The topological polar surface area (TPSA) is 46.9 Å². The molecule has 2 rings (SSSR count). The van der Waals surface area contributed by atoms with Crippen LogP contribution in [0.15, 0.2) is 6.07 Å². The zero-order valence-corrected chi connectivity index (χ0v) is 13.5. The Morgan fingerprint density at radius 3 is 2.55 bits per heavy atom. The first kappa shape index (κ1) is 14.8. The van der Waals surface area contributed by atoms with Gasteiger partial charge in [-0.3, -0.25) is 10.1 Å². The van der Waals surface area contributed by atoms with Crippen LogP contribution in [-0.2, 0) is 13.0 Å². The number of nitrogens with zero attached hydrogens (tertiary/aromatic N) is 2. The second kappa shape index (κ2) is 5.79. The number of rotatable bonds is 4. The molecule has 0 atom stereocenters. The molecule has 0 saturated heterocycles. The van der Waals surface area contributed by atoms with Gasteiger partial charge in [0.1, 0.15) is 0 Å². The first-order valence-corrected chi connectivity index (χ1v) is 7.73. The molecule has 1 amide bonds. The van der Waals surface area contributed by atoms with Crippen molar-refractivity contribution in [3.63, 3.8) is 0 Å². The van der Waals surface area contributed by atoms with Crippen molar-refractivity contribution < 1.29 is 4.79 Å². The van der Waals surface area contributed by atoms with Crippen LogP contribution in [-0.4, -0.2) is 15.5 Å². The molecular formula is C15H21N3OS. The van der Waals surface area contributed by atoms with Crippen LogP contribution in [0.25, 0.3) is 0 Å². The van der Waals surface area contributed by atoms with E-state index >= 15 is 0 Å². The van der Waals surface area contributed by atoms with Crippen molar-refractivity contribution in [1.82, 2.24) is 9.55 Å². The molecule has 0 aliphatic heterocycles. The third-order valence-electron chi connectivity index (χ3n) is 3.58. The molecule has 2 heterocycles. The van der Waals surface area contributed by atoms with Crippen LogP contribution in [0, 0.1) is 20.8 Å². The number of hydrogen-bond donors (Lipinski definition) is 1. The predicted octanol–water partition coefficient (Wildman–Crippen LogP) is 3.70.